The van der Waals surface area contributed by atoms with Gasteiger partial charge in [-0.25, -0.2) is 4.98 Å². The molecule has 0 aliphatic carbocycles. The summed E-state index contributed by atoms with van der Waals surface area (Å²) >= 11 is 3.62. The molecule has 0 radical (unpaired) electrons. The Morgan fingerprint density at radius 1 is 1.35 bits per heavy atom. The number of anilines is 1. The second kappa shape index (κ2) is 9.37. The van der Waals surface area contributed by atoms with Crippen LogP contribution in [0.15, 0.2) is 22.5 Å². The van der Waals surface area contributed by atoms with Crippen molar-refractivity contribution < 1.29 is 0 Å². The number of hydrogen-bond acceptors (Lipinski definition) is 5. The summed E-state index contributed by atoms with van der Waals surface area (Å²) in [5, 5.41) is 11.7. The van der Waals surface area contributed by atoms with Gasteiger partial charge in [-0.2, -0.15) is 0 Å². The lowest BCUT2D eigenvalue weighted by Gasteiger charge is -2.33. The predicted molar refractivity (Wildman–Crippen MR) is 114 cm³/mol. The van der Waals surface area contributed by atoms with Crippen molar-refractivity contribution in [1.29, 1.82) is 0 Å². The summed E-state index contributed by atoms with van der Waals surface area (Å²) in [6.07, 6.45) is 3.26. The van der Waals surface area contributed by atoms with Gasteiger partial charge in [0.05, 0.1) is 15.7 Å². The van der Waals surface area contributed by atoms with Gasteiger partial charge in [0.2, 0.25) is 0 Å². The molecule has 1 aliphatic rings. The first kappa shape index (κ1) is 19.2. The van der Waals surface area contributed by atoms with Crippen LogP contribution in [0.3, 0.4) is 0 Å². The Balaban J connectivity index is 1.49. The van der Waals surface area contributed by atoms with Crippen LogP contribution in [0.5, 0.6) is 0 Å². The van der Waals surface area contributed by atoms with Gasteiger partial charge in [0.25, 0.3) is 0 Å². The summed E-state index contributed by atoms with van der Waals surface area (Å²) in [5.41, 5.74) is 1.15. The van der Waals surface area contributed by atoms with E-state index in [0.29, 0.717) is 6.04 Å². The van der Waals surface area contributed by atoms with Crippen molar-refractivity contribution in [3.63, 3.8) is 0 Å². The van der Waals surface area contributed by atoms with Crippen molar-refractivity contribution in [3.8, 4) is 0 Å². The SMILES string of the molecule is CCNC(=NCCc1sc(C)nc1C)NC1CCN(c2cccs2)CC1. The smallest absolute Gasteiger partial charge is 0.191 e. The number of nitrogens with zero attached hydrogens (tertiary/aromatic N) is 3. The Morgan fingerprint density at radius 2 is 2.15 bits per heavy atom. The van der Waals surface area contributed by atoms with Crippen molar-refractivity contribution in [2.75, 3.05) is 31.1 Å². The topological polar surface area (TPSA) is 52.6 Å². The maximum absolute atomic E-state index is 4.78. The molecular formula is C19H29N5S2. The first-order chi connectivity index (χ1) is 12.7. The van der Waals surface area contributed by atoms with E-state index in [1.165, 1.54) is 9.88 Å². The van der Waals surface area contributed by atoms with Gasteiger partial charge in [-0.15, -0.1) is 22.7 Å². The number of guanidine groups is 1. The fourth-order valence-electron chi connectivity index (χ4n) is 3.28. The van der Waals surface area contributed by atoms with Crippen LogP contribution in [-0.4, -0.2) is 43.2 Å². The van der Waals surface area contributed by atoms with Crippen LogP contribution in [0.25, 0.3) is 0 Å². The number of thiazole rings is 1. The van der Waals surface area contributed by atoms with Gasteiger partial charge < -0.3 is 15.5 Å². The minimum atomic E-state index is 0.497. The molecule has 0 amide bonds. The molecule has 0 aromatic carbocycles. The van der Waals surface area contributed by atoms with E-state index in [0.717, 1.165) is 62.1 Å². The highest BCUT2D eigenvalue weighted by molar-refractivity contribution is 7.14. The molecule has 142 valence electrons. The van der Waals surface area contributed by atoms with Crippen LogP contribution in [-0.2, 0) is 6.42 Å². The van der Waals surface area contributed by atoms with Crippen LogP contribution in [0.1, 0.15) is 35.3 Å². The first-order valence-electron chi connectivity index (χ1n) is 9.42. The number of hydrogen-bond donors (Lipinski definition) is 2. The van der Waals surface area contributed by atoms with E-state index in [-0.39, 0.29) is 0 Å². The summed E-state index contributed by atoms with van der Waals surface area (Å²) in [6.45, 7) is 10.2. The lowest BCUT2D eigenvalue weighted by Crippen LogP contribution is -2.48. The maximum atomic E-state index is 4.78. The third kappa shape index (κ3) is 5.20. The highest BCUT2D eigenvalue weighted by atomic mass is 32.1. The molecule has 0 saturated carbocycles. The van der Waals surface area contributed by atoms with E-state index in [4.69, 9.17) is 4.99 Å². The molecule has 26 heavy (non-hydrogen) atoms. The van der Waals surface area contributed by atoms with E-state index < -0.39 is 0 Å². The van der Waals surface area contributed by atoms with Gasteiger partial charge in [0, 0.05) is 43.5 Å². The molecule has 0 bridgehead atoms. The zero-order valence-corrected chi connectivity index (χ0v) is 17.6. The second-order valence-corrected chi connectivity index (χ2v) is 8.82. The zero-order chi connectivity index (χ0) is 18.4. The molecule has 2 aromatic heterocycles. The summed E-state index contributed by atoms with van der Waals surface area (Å²) in [7, 11) is 0. The lowest BCUT2D eigenvalue weighted by atomic mass is 10.1. The molecule has 3 heterocycles. The molecule has 0 atom stereocenters. The van der Waals surface area contributed by atoms with Crippen LogP contribution < -0.4 is 15.5 Å². The van der Waals surface area contributed by atoms with Gasteiger partial charge in [-0.3, -0.25) is 4.99 Å². The van der Waals surface area contributed by atoms with Gasteiger partial charge in [0.15, 0.2) is 5.96 Å². The Hall–Kier alpha value is -1.60. The Bertz CT molecular complexity index is 700. The molecule has 0 spiro atoms. The van der Waals surface area contributed by atoms with E-state index in [1.54, 1.807) is 11.3 Å². The average Bonchev–Trinajstić information content (AvgIpc) is 3.26. The maximum Gasteiger partial charge on any atom is 0.191 e. The predicted octanol–water partition coefficient (Wildman–Crippen LogP) is 3.59. The summed E-state index contributed by atoms with van der Waals surface area (Å²) in [5.74, 6) is 0.945. The van der Waals surface area contributed by atoms with Gasteiger partial charge in [-0.1, -0.05) is 0 Å². The average molecular weight is 392 g/mol. The minimum absolute atomic E-state index is 0.497. The highest BCUT2D eigenvalue weighted by Gasteiger charge is 2.20. The number of aryl methyl sites for hydroxylation is 2. The van der Waals surface area contributed by atoms with E-state index in [2.05, 4.69) is 58.8 Å². The van der Waals surface area contributed by atoms with Crippen molar-refractivity contribution in [1.82, 2.24) is 15.6 Å². The number of piperidine rings is 1. The van der Waals surface area contributed by atoms with Crippen molar-refractivity contribution in [2.24, 2.45) is 4.99 Å². The Kier molecular flexibility index (Phi) is 6.91. The number of aromatic nitrogens is 1. The Labute approximate surface area is 164 Å². The van der Waals surface area contributed by atoms with E-state index >= 15 is 0 Å². The molecule has 0 unspecified atom stereocenters. The van der Waals surface area contributed by atoms with E-state index in [1.807, 2.05) is 11.3 Å². The number of aliphatic imine (C=N–C) groups is 1. The molecule has 2 N–H and O–H groups in total. The molecule has 1 aliphatic heterocycles. The molecule has 1 fully saturated rings. The molecule has 7 heteroatoms. The largest absolute Gasteiger partial charge is 0.363 e. The standard InChI is InChI=1S/C19H29N5S2/c1-4-20-19(21-10-7-17-14(2)22-15(3)26-17)23-16-8-11-24(12-9-16)18-6-5-13-25-18/h5-6,13,16H,4,7-12H2,1-3H3,(H2,20,21,23). The third-order valence-electron chi connectivity index (χ3n) is 4.61. The zero-order valence-electron chi connectivity index (χ0n) is 15.9. The van der Waals surface area contributed by atoms with Crippen LogP contribution >= 0.6 is 22.7 Å². The lowest BCUT2D eigenvalue weighted by molar-refractivity contribution is 0.463. The van der Waals surface area contributed by atoms with Gasteiger partial charge >= 0.3 is 0 Å². The quantitative estimate of drug-likeness (QED) is 0.584. The Morgan fingerprint density at radius 3 is 2.77 bits per heavy atom. The second-order valence-electron chi connectivity index (χ2n) is 6.61. The molecule has 1 saturated heterocycles. The van der Waals surface area contributed by atoms with Crippen molar-refractivity contribution >= 4 is 33.6 Å². The van der Waals surface area contributed by atoms with E-state index in [9.17, 15) is 0 Å². The number of rotatable bonds is 6. The van der Waals surface area contributed by atoms with Crippen molar-refractivity contribution in [3.05, 3.63) is 33.1 Å². The highest BCUT2D eigenvalue weighted by Crippen LogP contribution is 2.24. The van der Waals surface area contributed by atoms with Crippen LogP contribution in [0.4, 0.5) is 5.00 Å². The molecule has 5 nitrogen and oxygen atoms in total. The monoisotopic (exact) mass is 391 g/mol. The number of thiophene rings is 1. The van der Waals surface area contributed by atoms with Crippen molar-refractivity contribution in [2.45, 2.75) is 46.1 Å². The van der Waals surface area contributed by atoms with Crippen LogP contribution in [0, 0.1) is 13.8 Å². The first-order valence-corrected chi connectivity index (χ1v) is 11.1. The molecule has 3 rings (SSSR count). The molecule has 2 aromatic rings. The third-order valence-corrected chi connectivity index (χ3v) is 6.67. The van der Waals surface area contributed by atoms with Crippen LogP contribution in [0.2, 0.25) is 0 Å². The summed E-state index contributed by atoms with van der Waals surface area (Å²) in [6, 6.07) is 4.84. The summed E-state index contributed by atoms with van der Waals surface area (Å²) < 4.78 is 0. The molecular weight excluding hydrogens is 362 g/mol. The normalized spacial score (nSPS) is 16.1. The van der Waals surface area contributed by atoms with Gasteiger partial charge in [-0.05, 0) is 51.1 Å². The minimum Gasteiger partial charge on any atom is -0.363 e. The summed E-state index contributed by atoms with van der Waals surface area (Å²) in [4.78, 5) is 13.1. The number of nitrogens with one attached hydrogen (secondary N) is 2. The van der Waals surface area contributed by atoms with Gasteiger partial charge in [0.1, 0.15) is 0 Å². The fourth-order valence-corrected chi connectivity index (χ4v) is 4.99. The fraction of sp³-hybridized carbons (Fsp3) is 0.579.